The number of carbonyl (C=O) groups is 1. The van der Waals surface area contributed by atoms with E-state index in [1.54, 1.807) is 19.1 Å². The van der Waals surface area contributed by atoms with E-state index in [0.29, 0.717) is 38.5 Å². The van der Waals surface area contributed by atoms with Crippen molar-refractivity contribution >= 4 is 15.9 Å². The smallest absolute Gasteiger partial charge is 0.243 e. The SMILES string of the molecule is CCOCCCNC(=O)CN(Cc1ccccc1)S(=O)(=O)c1ccc(OCC)c(C)c1. The summed E-state index contributed by atoms with van der Waals surface area (Å²) in [6.07, 6.45) is 0.670. The van der Waals surface area contributed by atoms with Crippen LogP contribution in [0.25, 0.3) is 0 Å². The Morgan fingerprint density at radius 3 is 2.45 bits per heavy atom. The number of carbonyl (C=O) groups excluding carboxylic acids is 1. The molecule has 7 nitrogen and oxygen atoms in total. The summed E-state index contributed by atoms with van der Waals surface area (Å²) in [7, 11) is -3.90. The van der Waals surface area contributed by atoms with E-state index in [2.05, 4.69) is 5.32 Å². The molecule has 31 heavy (non-hydrogen) atoms. The zero-order valence-electron chi connectivity index (χ0n) is 18.5. The highest BCUT2D eigenvalue weighted by Crippen LogP contribution is 2.25. The number of hydrogen-bond acceptors (Lipinski definition) is 5. The average Bonchev–Trinajstić information content (AvgIpc) is 2.75. The highest BCUT2D eigenvalue weighted by atomic mass is 32.2. The topological polar surface area (TPSA) is 84.9 Å². The summed E-state index contributed by atoms with van der Waals surface area (Å²) < 4.78 is 38.8. The van der Waals surface area contributed by atoms with Gasteiger partial charge in [0.15, 0.2) is 0 Å². The van der Waals surface area contributed by atoms with Crippen molar-refractivity contribution in [2.75, 3.05) is 32.9 Å². The normalized spacial score (nSPS) is 11.5. The van der Waals surface area contributed by atoms with Crippen molar-refractivity contribution < 1.29 is 22.7 Å². The van der Waals surface area contributed by atoms with Gasteiger partial charge in [0.05, 0.1) is 18.0 Å². The highest BCUT2D eigenvalue weighted by molar-refractivity contribution is 7.89. The second-order valence-corrected chi connectivity index (χ2v) is 8.96. The lowest BCUT2D eigenvalue weighted by Gasteiger charge is -2.22. The maximum atomic E-state index is 13.4. The van der Waals surface area contributed by atoms with Crippen LogP contribution >= 0.6 is 0 Å². The molecule has 1 N–H and O–H groups in total. The molecule has 2 rings (SSSR count). The molecule has 2 aromatic rings. The summed E-state index contributed by atoms with van der Waals surface area (Å²) in [4.78, 5) is 12.6. The molecule has 0 atom stereocenters. The third-order valence-electron chi connectivity index (χ3n) is 4.60. The first-order chi connectivity index (χ1) is 14.9. The molecule has 170 valence electrons. The zero-order valence-corrected chi connectivity index (χ0v) is 19.3. The number of amides is 1. The fourth-order valence-electron chi connectivity index (χ4n) is 3.02. The van der Waals surface area contributed by atoms with Crippen LogP contribution in [0.1, 0.15) is 31.4 Å². The van der Waals surface area contributed by atoms with E-state index in [9.17, 15) is 13.2 Å². The molecule has 0 radical (unpaired) electrons. The largest absolute Gasteiger partial charge is 0.494 e. The number of rotatable bonds is 13. The van der Waals surface area contributed by atoms with Gasteiger partial charge in [0.25, 0.3) is 0 Å². The van der Waals surface area contributed by atoms with E-state index in [-0.39, 0.29) is 23.9 Å². The first kappa shape index (κ1) is 24.8. The van der Waals surface area contributed by atoms with Crippen LogP contribution in [0.15, 0.2) is 53.4 Å². The molecule has 0 saturated heterocycles. The van der Waals surface area contributed by atoms with Gasteiger partial charge in [-0.2, -0.15) is 4.31 Å². The number of aryl methyl sites for hydroxylation is 1. The summed E-state index contributed by atoms with van der Waals surface area (Å²) in [5.41, 5.74) is 1.53. The Morgan fingerprint density at radius 1 is 1.06 bits per heavy atom. The molecule has 0 aliphatic rings. The van der Waals surface area contributed by atoms with Crippen LogP contribution in [-0.2, 0) is 26.1 Å². The van der Waals surface area contributed by atoms with Gasteiger partial charge in [0.1, 0.15) is 5.75 Å². The third-order valence-corrected chi connectivity index (χ3v) is 6.39. The molecule has 0 aliphatic carbocycles. The van der Waals surface area contributed by atoms with Gasteiger partial charge in [0.2, 0.25) is 15.9 Å². The standard InChI is InChI=1S/C23H32N2O5S/c1-4-29-15-9-14-24-23(26)18-25(17-20-10-7-6-8-11-20)31(27,28)21-12-13-22(30-5-2)19(3)16-21/h6-8,10-13,16H,4-5,9,14-15,17-18H2,1-3H3,(H,24,26). The van der Waals surface area contributed by atoms with E-state index in [0.717, 1.165) is 11.1 Å². The van der Waals surface area contributed by atoms with Gasteiger partial charge in [-0.3, -0.25) is 4.79 Å². The minimum absolute atomic E-state index is 0.0990. The lowest BCUT2D eigenvalue weighted by atomic mass is 10.2. The number of hydrogen-bond donors (Lipinski definition) is 1. The average molecular weight is 449 g/mol. The van der Waals surface area contributed by atoms with Crippen molar-refractivity contribution in [3.8, 4) is 5.75 Å². The minimum Gasteiger partial charge on any atom is -0.494 e. The molecule has 8 heteroatoms. The molecule has 0 heterocycles. The molecule has 0 bridgehead atoms. The van der Waals surface area contributed by atoms with Crippen LogP contribution < -0.4 is 10.1 Å². The van der Waals surface area contributed by atoms with E-state index in [1.165, 1.54) is 10.4 Å². The number of sulfonamides is 1. The van der Waals surface area contributed by atoms with Crippen molar-refractivity contribution in [2.45, 2.75) is 38.6 Å². The highest BCUT2D eigenvalue weighted by Gasteiger charge is 2.27. The maximum Gasteiger partial charge on any atom is 0.243 e. The lowest BCUT2D eigenvalue weighted by Crippen LogP contribution is -2.40. The predicted octanol–water partition coefficient (Wildman–Crippen LogP) is 3.13. The van der Waals surface area contributed by atoms with E-state index >= 15 is 0 Å². The Kier molecular flexibility index (Phi) is 9.97. The fraction of sp³-hybridized carbons (Fsp3) is 0.435. The molecule has 0 aromatic heterocycles. The first-order valence-electron chi connectivity index (χ1n) is 10.5. The van der Waals surface area contributed by atoms with Crippen molar-refractivity contribution in [2.24, 2.45) is 0 Å². The molecular formula is C23H32N2O5S. The Bertz CT molecular complexity index is 932. The van der Waals surface area contributed by atoms with Crippen LogP contribution in [-0.4, -0.2) is 51.5 Å². The monoisotopic (exact) mass is 448 g/mol. The van der Waals surface area contributed by atoms with E-state index < -0.39 is 10.0 Å². The van der Waals surface area contributed by atoms with Gasteiger partial charge >= 0.3 is 0 Å². The lowest BCUT2D eigenvalue weighted by molar-refractivity contribution is -0.121. The van der Waals surface area contributed by atoms with Gasteiger partial charge < -0.3 is 14.8 Å². The minimum atomic E-state index is -3.90. The van der Waals surface area contributed by atoms with Crippen molar-refractivity contribution in [1.82, 2.24) is 9.62 Å². The van der Waals surface area contributed by atoms with Crippen LogP contribution in [0, 0.1) is 6.92 Å². The van der Waals surface area contributed by atoms with Crippen LogP contribution in [0.2, 0.25) is 0 Å². The molecule has 0 unspecified atom stereocenters. The van der Waals surface area contributed by atoms with Crippen LogP contribution in [0.5, 0.6) is 5.75 Å². The quantitative estimate of drug-likeness (QED) is 0.476. The molecule has 1 amide bonds. The molecule has 0 spiro atoms. The third kappa shape index (κ3) is 7.65. The van der Waals surface area contributed by atoms with Crippen LogP contribution in [0.4, 0.5) is 0 Å². The van der Waals surface area contributed by atoms with Gasteiger partial charge in [0, 0.05) is 26.3 Å². The predicted molar refractivity (Wildman–Crippen MR) is 121 cm³/mol. The molecule has 0 saturated carbocycles. The zero-order chi connectivity index (χ0) is 22.7. The number of nitrogens with zero attached hydrogens (tertiary/aromatic N) is 1. The Morgan fingerprint density at radius 2 is 1.81 bits per heavy atom. The molecular weight excluding hydrogens is 416 g/mol. The van der Waals surface area contributed by atoms with Crippen molar-refractivity contribution in [3.05, 3.63) is 59.7 Å². The maximum absolute atomic E-state index is 13.4. The van der Waals surface area contributed by atoms with E-state index in [4.69, 9.17) is 9.47 Å². The van der Waals surface area contributed by atoms with Gasteiger partial charge in [-0.1, -0.05) is 30.3 Å². The number of ether oxygens (including phenoxy) is 2. The summed E-state index contributed by atoms with van der Waals surface area (Å²) in [5, 5.41) is 2.77. The Labute approximate surface area is 185 Å². The summed E-state index contributed by atoms with van der Waals surface area (Å²) in [6.45, 7) is 7.52. The molecule has 0 fully saturated rings. The van der Waals surface area contributed by atoms with E-state index in [1.807, 2.05) is 44.2 Å². The molecule has 2 aromatic carbocycles. The number of benzene rings is 2. The first-order valence-corrected chi connectivity index (χ1v) is 11.9. The molecule has 0 aliphatic heterocycles. The summed E-state index contributed by atoms with van der Waals surface area (Å²) >= 11 is 0. The summed E-state index contributed by atoms with van der Waals surface area (Å²) in [6, 6.07) is 14.0. The second-order valence-electron chi connectivity index (χ2n) is 7.02. The Balaban J connectivity index is 2.20. The fourth-order valence-corrected chi connectivity index (χ4v) is 4.49. The van der Waals surface area contributed by atoms with Crippen LogP contribution in [0.3, 0.4) is 0 Å². The van der Waals surface area contributed by atoms with Gasteiger partial charge in [-0.15, -0.1) is 0 Å². The Hall–Kier alpha value is -2.42. The van der Waals surface area contributed by atoms with Crippen molar-refractivity contribution in [3.63, 3.8) is 0 Å². The second kappa shape index (κ2) is 12.4. The number of nitrogens with one attached hydrogen (secondary N) is 1. The van der Waals surface area contributed by atoms with Gasteiger partial charge in [-0.25, -0.2) is 8.42 Å². The van der Waals surface area contributed by atoms with Crippen molar-refractivity contribution in [1.29, 1.82) is 0 Å². The summed E-state index contributed by atoms with van der Waals surface area (Å²) in [5.74, 6) is 0.293. The van der Waals surface area contributed by atoms with Gasteiger partial charge in [-0.05, 0) is 56.5 Å².